The molecule has 1 amide bonds. The van der Waals surface area contributed by atoms with E-state index < -0.39 is 0 Å². The molecule has 0 spiro atoms. The number of nitrogens with zero attached hydrogens (tertiary/aromatic N) is 3. The van der Waals surface area contributed by atoms with Crippen LogP contribution in [0.15, 0.2) is 61.1 Å². The first-order valence-corrected chi connectivity index (χ1v) is 8.29. The van der Waals surface area contributed by atoms with E-state index in [1.54, 1.807) is 47.5 Å². The largest absolute Gasteiger partial charge is 0.457 e. The summed E-state index contributed by atoms with van der Waals surface area (Å²) in [5.41, 5.74) is 2.52. The summed E-state index contributed by atoms with van der Waals surface area (Å²) in [6.45, 7) is 1.12. The third-order valence-corrected chi connectivity index (χ3v) is 4.28. The number of halogens is 1. The van der Waals surface area contributed by atoms with Crippen LogP contribution in [0.4, 0.5) is 4.39 Å². The quantitative estimate of drug-likeness (QED) is 0.725. The smallest absolute Gasteiger partial charge is 0.254 e. The number of hydrogen-bond acceptors (Lipinski definition) is 4. The Morgan fingerprint density at radius 1 is 1.12 bits per heavy atom. The van der Waals surface area contributed by atoms with Crippen LogP contribution >= 0.6 is 0 Å². The lowest BCUT2D eigenvalue weighted by molar-refractivity contribution is 0.0733. The summed E-state index contributed by atoms with van der Waals surface area (Å²) in [4.78, 5) is 22.9. The highest BCUT2D eigenvalue weighted by Gasteiger charge is 2.22. The van der Waals surface area contributed by atoms with Crippen LogP contribution in [-0.2, 0) is 13.0 Å². The summed E-state index contributed by atoms with van der Waals surface area (Å²) in [6, 6.07) is 12.7. The molecule has 0 radical (unpaired) electrons. The van der Waals surface area contributed by atoms with Crippen molar-refractivity contribution >= 4 is 5.91 Å². The van der Waals surface area contributed by atoms with Gasteiger partial charge in [0.25, 0.3) is 5.91 Å². The Morgan fingerprint density at radius 3 is 2.81 bits per heavy atom. The lowest BCUT2D eigenvalue weighted by Gasteiger charge is -2.28. The molecule has 0 saturated heterocycles. The maximum absolute atomic E-state index is 13.0. The van der Waals surface area contributed by atoms with Crippen LogP contribution < -0.4 is 4.74 Å². The molecule has 0 aliphatic carbocycles. The van der Waals surface area contributed by atoms with Gasteiger partial charge in [-0.1, -0.05) is 6.07 Å². The summed E-state index contributed by atoms with van der Waals surface area (Å²) in [6.07, 6.45) is 4.01. The van der Waals surface area contributed by atoms with Gasteiger partial charge in [0.2, 0.25) is 0 Å². The van der Waals surface area contributed by atoms with Crippen LogP contribution in [0.2, 0.25) is 0 Å². The molecule has 1 aromatic heterocycles. The number of carbonyl (C=O) groups is 1. The van der Waals surface area contributed by atoms with Gasteiger partial charge in [-0.05, 0) is 42.5 Å². The molecular weight excluding hydrogens is 333 g/mol. The Hall–Kier alpha value is -3.28. The Bertz CT molecular complexity index is 944. The van der Waals surface area contributed by atoms with Crippen LogP contribution in [0.5, 0.6) is 11.5 Å². The molecule has 1 aliphatic heterocycles. The number of fused-ring (bicyclic) bond motifs is 1. The monoisotopic (exact) mass is 349 g/mol. The molecular formula is C20H16FN3O2. The summed E-state index contributed by atoms with van der Waals surface area (Å²) < 4.78 is 18.7. The minimum atomic E-state index is -0.323. The first kappa shape index (κ1) is 16.2. The number of amides is 1. The molecule has 4 rings (SSSR count). The third-order valence-electron chi connectivity index (χ3n) is 4.28. The zero-order valence-electron chi connectivity index (χ0n) is 13.9. The van der Waals surface area contributed by atoms with Crippen molar-refractivity contribution in [2.45, 2.75) is 13.0 Å². The van der Waals surface area contributed by atoms with Gasteiger partial charge in [-0.3, -0.25) is 4.79 Å². The molecule has 2 aromatic carbocycles. The molecule has 1 aliphatic rings. The van der Waals surface area contributed by atoms with Gasteiger partial charge in [0.15, 0.2) is 0 Å². The molecule has 6 heteroatoms. The maximum Gasteiger partial charge on any atom is 0.254 e. The fourth-order valence-corrected chi connectivity index (χ4v) is 2.95. The van der Waals surface area contributed by atoms with E-state index >= 15 is 0 Å². The molecule has 0 bridgehead atoms. The molecule has 0 fully saturated rings. The minimum absolute atomic E-state index is 0.0657. The van der Waals surface area contributed by atoms with Crippen LogP contribution in [0.25, 0.3) is 0 Å². The SMILES string of the molecule is O=C(c1cccc(Oc2ccc(F)cc2)c1)N1CCc2ncncc2C1. The average molecular weight is 349 g/mol. The van der Waals surface area contributed by atoms with Crippen molar-refractivity contribution in [2.24, 2.45) is 0 Å². The first-order valence-electron chi connectivity index (χ1n) is 8.29. The van der Waals surface area contributed by atoms with Gasteiger partial charge in [0, 0.05) is 36.8 Å². The average Bonchev–Trinajstić information content (AvgIpc) is 2.69. The molecule has 0 atom stereocenters. The Morgan fingerprint density at radius 2 is 1.96 bits per heavy atom. The van der Waals surface area contributed by atoms with Crippen molar-refractivity contribution in [1.82, 2.24) is 14.9 Å². The van der Waals surface area contributed by atoms with E-state index in [-0.39, 0.29) is 11.7 Å². The second kappa shape index (κ2) is 6.92. The third kappa shape index (κ3) is 3.39. The number of ether oxygens (including phenoxy) is 1. The van der Waals surface area contributed by atoms with E-state index in [0.717, 1.165) is 17.7 Å². The van der Waals surface area contributed by atoms with Gasteiger partial charge < -0.3 is 9.64 Å². The van der Waals surface area contributed by atoms with Crippen molar-refractivity contribution in [2.75, 3.05) is 6.54 Å². The highest BCUT2D eigenvalue weighted by molar-refractivity contribution is 5.94. The summed E-state index contributed by atoms with van der Waals surface area (Å²) >= 11 is 0. The van der Waals surface area contributed by atoms with E-state index in [9.17, 15) is 9.18 Å². The van der Waals surface area contributed by atoms with Crippen molar-refractivity contribution < 1.29 is 13.9 Å². The standard InChI is InChI=1S/C20H16FN3O2/c21-16-4-6-17(7-5-16)26-18-3-1-2-14(10-18)20(25)24-9-8-19-15(12-24)11-22-13-23-19/h1-7,10-11,13H,8-9,12H2. The van der Waals surface area contributed by atoms with Crippen molar-refractivity contribution in [3.05, 3.63) is 83.7 Å². The fourth-order valence-electron chi connectivity index (χ4n) is 2.95. The fraction of sp³-hybridized carbons (Fsp3) is 0.150. The highest BCUT2D eigenvalue weighted by atomic mass is 19.1. The lowest BCUT2D eigenvalue weighted by atomic mass is 10.1. The predicted octanol–water partition coefficient (Wildman–Crippen LogP) is 3.61. The van der Waals surface area contributed by atoms with E-state index in [4.69, 9.17) is 4.74 Å². The Kier molecular flexibility index (Phi) is 4.31. The number of hydrogen-bond donors (Lipinski definition) is 0. The Balaban J connectivity index is 1.51. The van der Waals surface area contributed by atoms with E-state index in [0.29, 0.717) is 30.2 Å². The van der Waals surface area contributed by atoms with E-state index in [1.165, 1.54) is 18.5 Å². The second-order valence-electron chi connectivity index (χ2n) is 6.06. The van der Waals surface area contributed by atoms with E-state index in [1.807, 2.05) is 0 Å². The molecule has 2 heterocycles. The molecule has 26 heavy (non-hydrogen) atoms. The number of aromatic nitrogens is 2. The van der Waals surface area contributed by atoms with Gasteiger partial charge in [-0.25, -0.2) is 14.4 Å². The Labute approximate surface area is 150 Å². The number of benzene rings is 2. The van der Waals surface area contributed by atoms with Crippen molar-refractivity contribution in [1.29, 1.82) is 0 Å². The molecule has 130 valence electrons. The second-order valence-corrected chi connectivity index (χ2v) is 6.06. The predicted molar refractivity (Wildman–Crippen MR) is 93.4 cm³/mol. The van der Waals surface area contributed by atoms with Crippen LogP contribution in [0, 0.1) is 5.82 Å². The summed E-state index contributed by atoms with van der Waals surface area (Å²) in [5, 5.41) is 0. The summed E-state index contributed by atoms with van der Waals surface area (Å²) in [5.74, 6) is 0.656. The zero-order chi connectivity index (χ0) is 17.9. The molecule has 0 N–H and O–H groups in total. The van der Waals surface area contributed by atoms with Crippen LogP contribution in [-0.4, -0.2) is 27.3 Å². The van der Waals surface area contributed by atoms with Gasteiger partial charge in [0.05, 0.1) is 5.69 Å². The van der Waals surface area contributed by atoms with Gasteiger partial charge in [-0.2, -0.15) is 0 Å². The van der Waals surface area contributed by atoms with Gasteiger partial charge >= 0.3 is 0 Å². The number of carbonyl (C=O) groups excluding carboxylic acids is 1. The molecule has 0 saturated carbocycles. The van der Waals surface area contributed by atoms with E-state index in [2.05, 4.69) is 9.97 Å². The number of rotatable bonds is 3. The first-order chi connectivity index (χ1) is 12.7. The normalized spacial score (nSPS) is 13.2. The topological polar surface area (TPSA) is 55.3 Å². The molecule has 5 nitrogen and oxygen atoms in total. The molecule has 0 unspecified atom stereocenters. The van der Waals surface area contributed by atoms with Crippen LogP contribution in [0.1, 0.15) is 21.6 Å². The summed E-state index contributed by atoms with van der Waals surface area (Å²) in [7, 11) is 0. The van der Waals surface area contributed by atoms with Gasteiger partial charge in [0.1, 0.15) is 23.6 Å². The van der Waals surface area contributed by atoms with Crippen LogP contribution in [0.3, 0.4) is 0 Å². The lowest BCUT2D eigenvalue weighted by Crippen LogP contribution is -2.36. The molecule has 3 aromatic rings. The zero-order valence-corrected chi connectivity index (χ0v) is 13.9. The van der Waals surface area contributed by atoms with Gasteiger partial charge in [-0.15, -0.1) is 0 Å². The highest BCUT2D eigenvalue weighted by Crippen LogP contribution is 2.24. The maximum atomic E-state index is 13.0. The van der Waals surface area contributed by atoms with Crippen molar-refractivity contribution in [3.8, 4) is 11.5 Å². The minimum Gasteiger partial charge on any atom is -0.457 e. The van der Waals surface area contributed by atoms with Crippen molar-refractivity contribution in [3.63, 3.8) is 0 Å².